The molecule has 2 aliphatic rings. The van der Waals surface area contributed by atoms with E-state index < -0.39 is 12.0 Å². The van der Waals surface area contributed by atoms with Crippen molar-refractivity contribution in [2.24, 2.45) is 0 Å². The van der Waals surface area contributed by atoms with Crippen LogP contribution in [0.2, 0.25) is 0 Å². The van der Waals surface area contributed by atoms with Crippen LogP contribution >= 0.6 is 11.8 Å². The van der Waals surface area contributed by atoms with E-state index in [9.17, 15) is 9.59 Å². The molecule has 0 aromatic carbocycles. The third-order valence-corrected chi connectivity index (χ3v) is 4.42. The number of aliphatic carboxylic acids is 1. The standard InChI is InChI=1S/C12H14N2O4S/c15-11(8-5-10(18-13-8)7-1-2-7)14-3-4-19-6-9(14)12(16)17/h5,7,9H,1-4,6H2,(H,16,17). The number of rotatable bonds is 3. The van der Waals surface area contributed by atoms with Crippen molar-refractivity contribution in [2.45, 2.75) is 24.8 Å². The van der Waals surface area contributed by atoms with Gasteiger partial charge in [-0.2, -0.15) is 11.8 Å². The number of thioether (sulfide) groups is 1. The molecule has 1 amide bonds. The third kappa shape index (κ3) is 2.47. The Balaban J connectivity index is 1.78. The average Bonchev–Trinajstić information content (AvgIpc) is 3.16. The lowest BCUT2D eigenvalue weighted by Crippen LogP contribution is -2.50. The van der Waals surface area contributed by atoms with E-state index in [2.05, 4.69) is 5.16 Å². The van der Waals surface area contributed by atoms with Gasteiger partial charge in [0.1, 0.15) is 11.8 Å². The summed E-state index contributed by atoms with van der Waals surface area (Å²) in [6.45, 7) is 0.437. The Labute approximate surface area is 114 Å². The van der Waals surface area contributed by atoms with Gasteiger partial charge in [-0.15, -0.1) is 0 Å². The van der Waals surface area contributed by atoms with Crippen LogP contribution < -0.4 is 0 Å². The fraction of sp³-hybridized carbons (Fsp3) is 0.583. The number of amides is 1. The van der Waals surface area contributed by atoms with E-state index in [-0.39, 0.29) is 11.6 Å². The number of carbonyl (C=O) groups excluding carboxylic acids is 1. The number of nitrogens with zero attached hydrogens (tertiary/aromatic N) is 2. The van der Waals surface area contributed by atoms with Gasteiger partial charge in [-0.05, 0) is 12.8 Å². The van der Waals surface area contributed by atoms with Gasteiger partial charge < -0.3 is 14.5 Å². The molecule has 1 aliphatic heterocycles. The molecule has 1 aliphatic carbocycles. The largest absolute Gasteiger partial charge is 0.480 e. The summed E-state index contributed by atoms with van der Waals surface area (Å²) >= 11 is 1.55. The van der Waals surface area contributed by atoms with Gasteiger partial charge in [0.05, 0.1) is 0 Å². The maximum absolute atomic E-state index is 12.3. The van der Waals surface area contributed by atoms with E-state index in [1.54, 1.807) is 17.8 Å². The highest BCUT2D eigenvalue weighted by Gasteiger charge is 2.35. The van der Waals surface area contributed by atoms with Gasteiger partial charge in [0.25, 0.3) is 5.91 Å². The van der Waals surface area contributed by atoms with Crippen LogP contribution in [0.3, 0.4) is 0 Å². The minimum Gasteiger partial charge on any atom is -0.480 e. The van der Waals surface area contributed by atoms with Crippen molar-refractivity contribution in [3.8, 4) is 0 Å². The molecule has 1 N–H and O–H groups in total. The molecule has 1 aromatic rings. The zero-order valence-electron chi connectivity index (χ0n) is 10.2. The van der Waals surface area contributed by atoms with E-state index in [1.807, 2.05) is 0 Å². The van der Waals surface area contributed by atoms with Crippen molar-refractivity contribution < 1.29 is 19.2 Å². The second-order valence-corrected chi connectivity index (χ2v) is 5.97. The molecular weight excluding hydrogens is 268 g/mol. The fourth-order valence-corrected chi connectivity index (χ4v) is 3.19. The Morgan fingerprint density at radius 2 is 2.26 bits per heavy atom. The van der Waals surface area contributed by atoms with Gasteiger partial charge in [-0.1, -0.05) is 5.16 Å². The van der Waals surface area contributed by atoms with Gasteiger partial charge in [0.2, 0.25) is 0 Å². The van der Waals surface area contributed by atoms with E-state index in [1.165, 1.54) is 4.90 Å². The Bertz CT molecular complexity index is 512. The zero-order chi connectivity index (χ0) is 13.4. The van der Waals surface area contributed by atoms with Gasteiger partial charge in [-0.3, -0.25) is 4.79 Å². The van der Waals surface area contributed by atoms with Crippen molar-refractivity contribution in [2.75, 3.05) is 18.1 Å². The van der Waals surface area contributed by atoms with Crippen LogP contribution in [-0.4, -0.2) is 51.1 Å². The number of carbonyl (C=O) groups is 2. The minimum absolute atomic E-state index is 0.222. The maximum atomic E-state index is 12.3. The summed E-state index contributed by atoms with van der Waals surface area (Å²) in [5, 5.41) is 12.9. The molecule has 1 saturated carbocycles. The first-order chi connectivity index (χ1) is 9.16. The second-order valence-electron chi connectivity index (χ2n) is 4.82. The molecule has 102 valence electrons. The quantitative estimate of drug-likeness (QED) is 0.896. The first-order valence-electron chi connectivity index (χ1n) is 6.25. The molecule has 0 spiro atoms. The van der Waals surface area contributed by atoms with Crippen LogP contribution in [0.15, 0.2) is 10.6 Å². The first-order valence-corrected chi connectivity index (χ1v) is 7.40. The number of aromatic nitrogens is 1. The highest BCUT2D eigenvalue weighted by molar-refractivity contribution is 7.99. The van der Waals surface area contributed by atoms with Crippen LogP contribution in [0, 0.1) is 0 Å². The normalized spacial score (nSPS) is 23.4. The van der Waals surface area contributed by atoms with Crippen LogP contribution in [0.5, 0.6) is 0 Å². The van der Waals surface area contributed by atoms with Crippen molar-refractivity contribution >= 4 is 23.6 Å². The number of carboxylic acid groups (broad SMARTS) is 1. The maximum Gasteiger partial charge on any atom is 0.327 e. The van der Waals surface area contributed by atoms with Crippen molar-refractivity contribution in [1.29, 1.82) is 0 Å². The molecule has 1 aromatic heterocycles. The highest BCUT2D eigenvalue weighted by Crippen LogP contribution is 2.40. The number of hydrogen-bond acceptors (Lipinski definition) is 5. The van der Waals surface area contributed by atoms with E-state index in [4.69, 9.17) is 9.63 Å². The summed E-state index contributed by atoms with van der Waals surface area (Å²) in [5.41, 5.74) is 0.222. The molecular formula is C12H14N2O4S. The molecule has 7 heteroatoms. The van der Waals surface area contributed by atoms with Crippen LogP contribution in [0.1, 0.15) is 35.0 Å². The van der Waals surface area contributed by atoms with Crippen molar-refractivity contribution in [3.05, 3.63) is 17.5 Å². The minimum atomic E-state index is -0.966. The molecule has 1 saturated heterocycles. The summed E-state index contributed by atoms with van der Waals surface area (Å²) in [7, 11) is 0. The fourth-order valence-electron chi connectivity index (χ4n) is 2.15. The van der Waals surface area contributed by atoms with E-state index >= 15 is 0 Å². The lowest BCUT2D eigenvalue weighted by molar-refractivity contribution is -0.141. The molecule has 1 atom stereocenters. The molecule has 0 bridgehead atoms. The molecule has 6 nitrogen and oxygen atoms in total. The van der Waals surface area contributed by atoms with Crippen LogP contribution in [0.25, 0.3) is 0 Å². The number of hydrogen-bond donors (Lipinski definition) is 1. The Kier molecular flexibility index (Phi) is 3.22. The molecule has 2 fully saturated rings. The smallest absolute Gasteiger partial charge is 0.327 e. The summed E-state index contributed by atoms with van der Waals surface area (Å²) in [5.74, 6) is 0.995. The summed E-state index contributed by atoms with van der Waals surface area (Å²) in [6.07, 6.45) is 2.14. The first kappa shape index (κ1) is 12.5. The third-order valence-electron chi connectivity index (χ3n) is 3.40. The summed E-state index contributed by atoms with van der Waals surface area (Å²) in [6, 6.07) is 0.882. The van der Waals surface area contributed by atoms with Crippen LogP contribution in [-0.2, 0) is 4.79 Å². The SMILES string of the molecule is O=C(O)C1CSCCN1C(=O)c1cc(C2CC2)on1. The van der Waals surface area contributed by atoms with Gasteiger partial charge in [-0.25, -0.2) is 4.79 Å². The summed E-state index contributed by atoms with van der Waals surface area (Å²) in [4.78, 5) is 24.9. The average molecular weight is 282 g/mol. The Hall–Kier alpha value is -1.50. The number of carboxylic acids is 1. The van der Waals surface area contributed by atoms with Crippen LogP contribution in [0.4, 0.5) is 0 Å². The predicted molar refractivity (Wildman–Crippen MR) is 68.3 cm³/mol. The van der Waals surface area contributed by atoms with Crippen molar-refractivity contribution in [1.82, 2.24) is 10.1 Å². The van der Waals surface area contributed by atoms with E-state index in [0.29, 0.717) is 18.2 Å². The summed E-state index contributed by atoms with van der Waals surface area (Å²) < 4.78 is 5.15. The topological polar surface area (TPSA) is 83.6 Å². The zero-order valence-corrected chi connectivity index (χ0v) is 11.1. The Morgan fingerprint density at radius 3 is 2.95 bits per heavy atom. The molecule has 0 radical (unpaired) electrons. The van der Waals surface area contributed by atoms with Gasteiger partial charge in [0, 0.05) is 30.0 Å². The Morgan fingerprint density at radius 1 is 1.47 bits per heavy atom. The lowest BCUT2D eigenvalue weighted by atomic mass is 10.2. The lowest BCUT2D eigenvalue weighted by Gasteiger charge is -2.31. The highest BCUT2D eigenvalue weighted by atomic mass is 32.2. The molecule has 2 heterocycles. The predicted octanol–water partition coefficient (Wildman–Crippen LogP) is 1.19. The second kappa shape index (κ2) is 4.88. The van der Waals surface area contributed by atoms with E-state index in [0.717, 1.165) is 24.4 Å². The van der Waals surface area contributed by atoms with Gasteiger partial charge in [0.15, 0.2) is 5.69 Å². The monoisotopic (exact) mass is 282 g/mol. The molecule has 19 heavy (non-hydrogen) atoms. The molecule has 3 rings (SSSR count). The molecule has 1 unspecified atom stereocenters. The van der Waals surface area contributed by atoms with Gasteiger partial charge >= 0.3 is 5.97 Å². The van der Waals surface area contributed by atoms with Crippen molar-refractivity contribution in [3.63, 3.8) is 0 Å².